The predicted octanol–water partition coefficient (Wildman–Crippen LogP) is 5.29. The van der Waals surface area contributed by atoms with E-state index in [1.807, 2.05) is 54.1 Å². The van der Waals surface area contributed by atoms with Gasteiger partial charge < -0.3 is 4.57 Å². The normalized spacial score (nSPS) is 11.9. The van der Waals surface area contributed by atoms with Crippen LogP contribution in [-0.2, 0) is 7.05 Å². The van der Waals surface area contributed by atoms with Gasteiger partial charge in [0.05, 0.1) is 16.4 Å². The molecule has 0 amide bonds. The lowest BCUT2D eigenvalue weighted by atomic mass is 10.2. The number of benzene rings is 2. The molecule has 0 radical (unpaired) electrons. The van der Waals surface area contributed by atoms with Gasteiger partial charge in [-0.2, -0.15) is 0 Å². The second kappa shape index (κ2) is 6.06. The van der Waals surface area contributed by atoms with Crippen molar-refractivity contribution in [1.82, 2.24) is 4.57 Å². The first-order valence-electron chi connectivity index (χ1n) is 6.35. The van der Waals surface area contributed by atoms with Gasteiger partial charge in [0, 0.05) is 23.0 Å². The highest BCUT2D eigenvalue weighted by molar-refractivity contribution is 7.07. The first-order valence-corrected chi connectivity index (χ1v) is 7.98. The van der Waals surface area contributed by atoms with Crippen LogP contribution in [0, 0.1) is 0 Å². The average Bonchev–Trinajstić information content (AvgIpc) is 2.82. The molecular weight excluding hydrogens is 323 g/mol. The molecule has 3 aromatic rings. The lowest BCUT2D eigenvalue weighted by Crippen LogP contribution is -2.10. The van der Waals surface area contributed by atoms with Crippen molar-refractivity contribution in [3.8, 4) is 11.3 Å². The highest BCUT2D eigenvalue weighted by Gasteiger charge is 2.09. The maximum absolute atomic E-state index is 6.28. The molecule has 2 nitrogen and oxygen atoms in total. The van der Waals surface area contributed by atoms with Crippen LogP contribution < -0.4 is 4.80 Å². The van der Waals surface area contributed by atoms with Crippen LogP contribution in [-0.4, -0.2) is 4.57 Å². The van der Waals surface area contributed by atoms with E-state index in [2.05, 4.69) is 10.4 Å². The van der Waals surface area contributed by atoms with Crippen LogP contribution in [0.3, 0.4) is 0 Å². The first-order chi connectivity index (χ1) is 10.1. The molecule has 0 unspecified atom stereocenters. The van der Waals surface area contributed by atoms with Crippen molar-refractivity contribution in [3.05, 3.63) is 68.8 Å². The molecule has 0 spiro atoms. The van der Waals surface area contributed by atoms with E-state index in [1.54, 1.807) is 17.4 Å². The summed E-state index contributed by atoms with van der Waals surface area (Å²) in [5.41, 5.74) is 2.91. The van der Waals surface area contributed by atoms with Crippen molar-refractivity contribution in [2.24, 2.45) is 12.0 Å². The zero-order chi connectivity index (χ0) is 14.8. The number of aromatic nitrogens is 1. The van der Waals surface area contributed by atoms with E-state index in [0.717, 1.165) is 21.7 Å². The fraction of sp³-hybridized carbons (Fsp3) is 0.0625. The van der Waals surface area contributed by atoms with Crippen molar-refractivity contribution >= 4 is 40.2 Å². The minimum absolute atomic E-state index is 0.635. The molecule has 0 aliphatic heterocycles. The molecule has 21 heavy (non-hydrogen) atoms. The molecule has 2 aromatic carbocycles. The Bertz CT molecular complexity index is 835. The van der Waals surface area contributed by atoms with Gasteiger partial charge in [0.2, 0.25) is 0 Å². The summed E-state index contributed by atoms with van der Waals surface area (Å²) in [5.74, 6) is 0. The molecule has 0 saturated carbocycles. The van der Waals surface area contributed by atoms with Crippen LogP contribution in [0.4, 0.5) is 5.69 Å². The van der Waals surface area contributed by atoms with Crippen LogP contribution in [0.5, 0.6) is 0 Å². The average molecular weight is 335 g/mol. The monoisotopic (exact) mass is 334 g/mol. The molecule has 0 bridgehead atoms. The van der Waals surface area contributed by atoms with Gasteiger partial charge in [0.1, 0.15) is 0 Å². The Labute approximate surface area is 136 Å². The highest BCUT2D eigenvalue weighted by atomic mass is 35.5. The van der Waals surface area contributed by atoms with E-state index >= 15 is 0 Å². The summed E-state index contributed by atoms with van der Waals surface area (Å²) in [4.78, 5) is 5.57. The van der Waals surface area contributed by atoms with Crippen molar-refractivity contribution < 1.29 is 0 Å². The molecule has 0 aliphatic rings. The van der Waals surface area contributed by atoms with E-state index in [0.29, 0.717) is 10.0 Å². The summed E-state index contributed by atoms with van der Waals surface area (Å²) < 4.78 is 2.03. The van der Waals surface area contributed by atoms with E-state index in [1.165, 1.54) is 0 Å². The van der Waals surface area contributed by atoms with E-state index < -0.39 is 0 Å². The minimum Gasteiger partial charge on any atom is -0.319 e. The summed E-state index contributed by atoms with van der Waals surface area (Å²) in [6.07, 6.45) is 0. The molecule has 0 aliphatic carbocycles. The maximum Gasteiger partial charge on any atom is 0.190 e. The van der Waals surface area contributed by atoms with Crippen molar-refractivity contribution in [1.29, 1.82) is 0 Å². The Kier molecular flexibility index (Phi) is 4.15. The second-order valence-electron chi connectivity index (χ2n) is 4.53. The number of thiazole rings is 1. The molecule has 0 fully saturated rings. The second-order valence-corrected chi connectivity index (χ2v) is 6.21. The van der Waals surface area contributed by atoms with Gasteiger partial charge in [-0.3, -0.25) is 0 Å². The van der Waals surface area contributed by atoms with Crippen LogP contribution in [0.1, 0.15) is 0 Å². The SMILES string of the molecule is Cn1c(-c2ccc(Cl)cc2Cl)csc1=Nc1ccccc1. The lowest BCUT2D eigenvalue weighted by molar-refractivity contribution is 0.883. The topological polar surface area (TPSA) is 17.3 Å². The summed E-state index contributed by atoms with van der Waals surface area (Å²) >= 11 is 13.8. The molecule has 0 N–H and O–H groups in total. The third kappa shape index (κ3) is 3.05. The number of hydrogen-bond donors (Lipinski definition) is 0. The Hall–Kier alpha value is -1.55. The zero-order valence-corrected chi connectivity index (χ0v) is 13.6. The number of halogens is 2. The first kappa shape index (κ1) is 14.4. The van der Waals surface area contributed by atoms with Crippen LogP contribution >= 0.6 is 34.5 Å². The van der Waals surface area contributed by atoms with Gasteiger partial charge in [-0.15, -0.1) is 11.3 Å². The maximum atomic E-state index is 6.28. The molecule has 0 atom stereocenters. The predicted molar refractivity (Wildman–Crippen MR) is 90.4 cm³/mol. The van der Waals surface area contributed by atoms with Crippen LogP contribution in [0.15, 0.2) is 58.9 Å². The standard InChI is InChI=1S/C16H12Cl2N2S/c1-20-15(13-8-7-11(17)9-14(13)18)10-21-16(20)19-12-5-3-2-4-6-12/h2-10H,1H3. The quantitative estimate of drug-likeness (QED) is 0.605. The van der Waals surface area contributed by atoms with Crippen molar-refractivity contribution in [3.63, 3.8) is 0 Å². The minimum atomic E-state index is 0.635. The smallest absolute Gasteiger partial charge is 0.190 e. The van der Waals surface area contributed by atoms with E-state index in [9.17, 15) is 0 Å². The van der Waals surface area contributed by atoms with Gasteiger partial charge >= 0.3 is 0 Å². The largest absolute Gasteiger partial charge is 0.319 e. The Morgan fingerprint density at radius 2 is 1.81 bits per heavy atom. The molecule has 3 rings (SSSR count). The number of para-hydroxylation sites is 1. The highest BCUT2D eigenvalue weighted by Crippen LogP contribution is 2.30. The van der Waals surface area contributed by atoms with Crippen LogP contribution in [0.25, 0.3) is 11.3 Å². The van der Waals surface area contributed by atoms with Gasteiger partial charge in [-0.05, 0) is 30.3 Å². The van der Waals surface area contributed by atoms with Gasteiger partial charge in [-0.1, -0.05) is 41.4 Å². The van der Waals surface area contributed by atoms with Gasteiger partial charge in [-0.25, -0.2) is 4.99 Å². The number of rotatable bonds is 2. The van der Waals surface area contributed by atoms with Gasteiger partial charge in [0.25, 0.3) is 0 Å². The molecule has 5 heteroatoms. The zero-order valence-electron chi connectivity index (χ0n) is 11.3. The van der Waals surface area contributed by atoms with E-state index in [-0.39, 0.29) is 0 Å². The lowest BCUT2D eigenvalue weighted by Gasteiger charge is -2.05. The summed E-state index contributed by atoms with van der Waals surface area (Å²) in [7, 11) is 1.98. The number of nitrogens with zero attached hydrogens (tertiary/aromatic N) is 2. The van der Waals surface area contributed by atoms with Gasteiger partial charge in [0.15, 0.2) is 4.80 Å². The Morgan fingerprint density at radius 1 is 1.05 bits per heavy atom. The Morgan fingerprint density at radius 3 is 2.52 bits per heavy atom. The Balaban J connectivity index is 2.09. The fourth-order valence-corrected chi connectivity index (χ4v) is 3.45. The van der Waals surface area contributed by atoms with E-state index in [4.69, 9.17) is 23.2 Å². The van der Waals surface area contributed by atoms with Crippen LogP contribution in [0.2, 0.25) is 10.0 Å². The van der Waals surface area contributed by atoms with Crippen molar-refractivity contribution in [2.45, 2.75) is 0 Å². The molecular formula is C16H12Cl2N2S. The molecule has 0 saturated heterocycles. The third-order valence-electron chi connectivity index (χ3n) is 3.11. The summed E-state index contributed by atoms with van der Waals surface area (Å²) in [6, 6.07) is 15.4. The summed E-state index contributed by atoms with van der Waals surface area (Å²) in [6.45, 7) is 0. The number of hydrogen-bond acceptors (Lipinski definition) is 2. The molecule has 106 valence electrons. The third-order valence-corrected chi connectivity index (χ3v) is 4.58. The molecule has 1 heterocycles. The van der Waals surface area contributed by atoms with Crippen molar-refractivity contribution in [2.75, 3.05) is 0 Å². The molecule has 1 aromatic heterocycles. The summed E-state index contributed by atoms with van der Waals surface area (Å²) in [5, 5.41) is 3.33. The fourth-order valence-electron chi connectivity index (χ4n) is 2.03.